The second kappa shape index (κ2) is 6.27. The molecule has 1 amide bonds. The van der Waals surface area contributed by atoms with E-state index < -0.39 is 11.5 Å². The highest BCUT2D eigenvalue weighted by molar-refractivity contribution is 5.93. The van der Waals surface area contributed by atoms with Crippen LogP contribution in [0.2, 0.25) is 0 Å². The quantitative estimate of drug-likeness (QED) is 0.755. The first-order valence-electron chi connectivity index (χ1n) is 7.03. The van der Waals surface area contributed by atoms with Gasteiger partial charge in [0.25, 0.3) is 11.5 Å². The van der Waals surface area contributed by atoms with Crippen molar-refractivity contribution in [3.63, 3.8) is 0 Å². The lowest BCUT2D eigenvalue weighted by atomic mass is 10.2. The zero-order chi connectivity index (χ0) is 16.2. The number of nitrogens with zero attached hydrogens (tertiary/aromatic N) is 3. The number of carbonyl (C=O) groups excluding carboxylic acids is 1. The van der Waals surface area contributed by atoms with Crippen LogP contribution in [0.5, 0.6) is 0 Å². The first-order chi connectivity index (χ1) is 11.1. The average molecular weight is 309 g/mol. The van der Waals surface area contributed by atoms with E-state index in [2.05, 4.69) is 20.3 Å². The van der Waals surface area contributed by atoms with Crippen molar-refractivity contribution in [1.29, 1.82) is 0 Å². The summed E-state index contributed by atoms with van der Waals surface area (Å²) >= 11 is 0. The molecule has 0 fully saturated rings. The third-order valence-corrected chi connectivity index (χ3v) is 3.28. The Kier molecular flexibility index (Phi) is 4.01. The largest absolute Gasteiger partial charge is 0.346 e. The van der Waals surface area contributed by atoms with Gasteiger partial charge in [-0.1, -0.05) is 6.07 Å². The molecule has 0 spiro atoms. The van der Waals surface area contributed by atoms with Crippen molar-refractivity contribution in [2.24, 2.45) is 7.05 Å². The number of nitrogens with one attached hydrogen (secondary N) is 2. The Hall–Kier alpha value is -3.22. The number of aromatic nitrogens is 4. The lowest BCUT2D eigenvalue weighted by Crippen LogP contribution is -2.29. The highest BCUT2D eigenvalue weighted by atomic mass is 16.2. The molecule has 3 rings (SSSR count). The minimum Gasteiger partial charge on any atom is -0.346 e. The minimum atomic E-state index is -0.452. The molecule has 0 atom stereocenters. The van der Waals surface area contributed by atoms with Crippen molar-refractivity contribution >= 4 is 5.91 Å². The van der Waals surface area contributed by atoms with Crippen LogP contribution in [0, 0.1) is 0 Å². The second-order valence-electron chi connectivity index (χ2n) is 5.04. The maximum absolute atomic E-state index is 12.1. The molecule has 0 aromatic carbocycles. The number of aromatic amines is 1. The molecule has 0 aliphatic carbocycles. The maximum atomic E-state index is 12.1. The van der Waals surface area contributed by atoms with E-state index in [0.29, 0.717) is 11.4 Å². The van der Waals surface area contributed by atoms with Gasteiger partial charge in [-0.3, -0.25) is 14.6 Å². The zero-order valence-electron chi connectivity index (χ0n) is 12.5. The van der Waals surface area contributed by atoms with Gasteiger partial charge in [-0.05, 0) is 24.3 Å². The van der Waals surface area contributed by atoms with Crippen LogP contribution in [0.1, 0.15) is 16.1 Å². The molecule has 0 unspecified atom stereocenters. The molecule has 3 heterocycles. The minimum absolute atomic E-state index is 0.0561. The van der Waals surface area contributed by atoms with Crippen molar-refractivity contribution in [3.05, 3.63) is 70.7 Å². The van der Waals surface area contributed by atoms with Crippen molar-refractivity contribution in [2.75, 3.05) is 0 Å². The van der Waals surface area contributed by atoms with E-state index in [0.717, 1.165) is 5.69 Å². The number of hydrogen-bond acceptors (Lipinski definition) is 4. The van der Waals surface area contributed by atoms with E-state index in [4.69, 9.17) is 0 Å². The van der Waals surface area contributed by atoms with Gasteiger partial charge in [0.2, 0.25) is 0 Å². The summed E-state index contributed by atoms with van der Waals surface area (Å²) in [5.74, 6) is -0.440. The molecule has 0 radical (unpaired) electrons. The fraction of sp³-hybridized carbons (Fsp3) is 0.125. The first kappa shape index (κ1) is 14.7. The zero-order valence-corrected chi connectivity index (χ0v) is 12.5. The van der Waals surface area contributed by atoms with E-state index in [1.165, 1.54) is 6.07 Å². The highest BCUT2D eigenvalue weighted by Crippen LogP contribution is 2.11. The summed E-state index contributed by atoms with van der Waals surface area (Å²) in [4.78, 5) is 35.2. The molecular weight excluding hydrogens is 294 g/mol. The Bertz CT molecular complexity index is 883. The lowest BCUT2D eigenvalue weighted by molar-refractivity contribution is 0.0949. The molecule has 0 aliphatic rings. The van der Waals surface area contributed by atoms with Crippen LogP contribution in [0.25, 0.3) is 11.4 Å². The fourth-order valence-electron chi connectivity index (χ4n) is 2.15. The lowest BCUT2D eigenvalue weighted by Gasteiger charge is -2.04. The normalized spacial score (nSPS) is 10.5. The number of imidazole rings is 1. The van der Waals surface area contributed by atoms with Crippen molar-refractivity contribution in [2.45, 2.75) is 6.54 Å². The first-order valence-corrected chi connectivity index (χ1v) is 7.03. The standard InChI is InChI=1S/C16H15N5O2/c1-21-9-11(19-10-21)8-18-15(22)12-5-6-14(20-16(12)23)13-4-2-3-7-17-13/h2-7,9-10H,8H2,1H3,(H,18,22)(H,20,23). The number of hydrogen-bond donors (Lipinski definition) is 2. The third kappa shape index (κ3) is 3.34. The van der Waals surface area contributed by atoms with Crippen molar-refractivity contribution < 1.29 is 4.79 Å². The molecular formula is C16H15N5O2. The molecule has 0 saturated heterocycles. The van der Waals surface area contributed by atoms with Crippen LogP contribution in [-0.2, 0) is 13.6 Å². The molecule has 116 valence electrons. The topological polar surface area (TPSA) is 92.7 Å². The van der Waals surface area contributed by atoms with Gasteiger partial charge in [-0.25, -0.2) is 4.98 Å². The van der Waals surface area contributed by atoms with Gasteiger partial charge in [0.05, 0.1) is 30.0 Å². The number of aryl methyl sites for hydroxylation is 1. The SMILES string of the molecule is Cn1cnc(CNC(=O)c2ccc(-c3ccccn3)[nH]c2=O)c1. The fourth-order valence-corrected chi connectivity index (χ4v) is 2.15. The van der Waals surface area contributed by atoms with Gasteiger partial charge in [0.15, 0.2) is 0 Å². The smallest absolute Gasteiger partial charge is 0.261 e. The van der Waals surface area contributed by atoms with Gasteiger partial charge >= 0.3 is 0 Å². The number of H-pyrrole nitrogens is 1. The number of pyridine rings is 2. The van der Waals surface area contributed by atoms with Gasteiger partial charge < -0.3 is 14.9 Å². The maximum Gasteiger partial charge on any atom is 0.261 e. The predicted octanol–water partition coefficient (Wildman–Crippen LogP) is 1.10. The highest BCUT2D eigenvalue weighted by Gasteiger charge is 2.12. The molecule has 3 aromatic heterocycles. The van der Waals surface area contributed by atoms with E-state index in [1.807, 2.05) is 13.1 Å². The third-order valence-electron chi connectivity index (χ3n) is 3.28. The van der Waals surface area contributed by atoms with Gasteiger partial charge in [-0.15, -0.1) is 0 Å². The molecule has 23 heavy (non-hydrogen) atoms. The van der Waals surface area contributed by atoms with E-state index >= 15 is 0 Å². The summed E-state index contributed by atoms with van der Waals surface area (Å²) in [6.45, 7) is 0.265. The molecule has 0 aliphatic heterocycles. The van der Waals surface area contributed by atoms with Crippen LogP contribution >= 0.6 is 0 Å². The Morgan fingerprint density at radius 3 is 2.78 bits per heavy atom. The van der Waals surface area contributed by atoms with Crippen molar-refractivity contribution in [3.8, 4) is 11.4 Å². The molecule has 0 bridgehead atoms. The van der Waals surface area contributed by atoms with Crippen LogP contribution in [0.4, 0.5) is 0 Å². The van der Waals surface area contributed by atoms with E-state index in [-0.39, 0.29) is 12.1 Å². The van der Waals surface area contributed by atoms with E-state index in [1.54, 1.807) is 41.5 Å². The molecule has 2 N–H and O–H groups in total. The number of rotatable bonds is 4. The number of amides is 1. The summed E-state index contributed by atoms with van der Waals surface area (Å²) in [7, 11) is 1.85. The average Bonchev–Trinajstić information content (AvgIpc) is 2.99. The summed E-state index contributed by atoms with van der Waals surface area (Å²) in [6, 6.07) is 8.57. The van der Waals surface area contributed by atoms with Crippen LogP contribution in [0.15, 0.2) is 53.8 Å². The molecule has 0 saturated carbocycles. The molecule has 3 aromatic rings. The summed E-state index contributed by atoms with van der Waals surface area (Å²) in [5, 5.41) is 2.68. The monoisotopic (exact) mass is 309 g/mol. The molecule has 7 heteroatoms. The van der Waals surface area contributed by atoms with Crippen LogP contribution < -0.4 is 10.9 Å². The Morgan fingerprint density at radius 2 is 2.13 bits per heavy atom. The van der Waals surface area contributed by atoms with E-state index in [9.17, 15) is 9.59 Å². The Morgan fingerprint density at radius 1 is 1.26 bits per heavy atom. The number of carbonyl (C=O) groups is 1. The summed E-state index contributed by atoms with van der Waals surface area (Å²) in [6.07, 6.45) is 5.09. The second-order valence-corrected chi connectivity index (χ2v) is 5.04. The van der Waals surface area contributed by atoms with Crippen LogP contribution in [0.3, 0.4) is 0 Å². The molecule has 7 nitrogen and oxygen atoms in total. The van der Waals surface area contributed by atoms with Crippen LogP contribution in [-0.4, -0.2) is 25.4 Å². The predicted molar refractivity (Wildman–Crippen MR) is 84.7 cm³/mol. The van der Waals surface area contributed by atoms with Gasteiger partial charge in [0, 0.05) is 19.4 Å². The Labute approximate surface area is 132 Å². The Balaban J connectivity index is 1.75. The van der Waals surface area contributed by atoms with Crippen molar-refractivity contribution in [1.82, 2.24) is 24.8 Å². The summed E-state index contributed by atoms with van der Waals surface area (Å²) in [5.41, 5.74) is 1.54. The summed E-state index contributed by atoms with van der Waals surface area (Å²) < 4.78 is 1.79. The van der Waals surface area contributed by atoms with Gasteiger partial charge in [0.1, 0.15) is 5.56 Å². The van der Waals surface area contributed by atoms with Gasteiger partial charge in [-0.2, -0.15) is 0 Å².